The van der Waals surface area contributed by atoms with Crippen molar-refractivity contribution < 1.29 is 4.79 Å². The van der Waals surface area contributed by atoms with Gasteiger partial charge in [0, 0.05) is 54.2 Å². The fraction of sp³-hybridized carbons (Fsp3) is 0.357. The van der Waals surface area contributed by atoms with Gasteiger partial charge in [0.15, 0.2) is 0 Å². The molecule has 10 nitrogen and oxygen atoms in total. The first-order valence-corrected chi connectivity index (χ1v) is 13.5. The van der Waals surface area contributed by atoms with E-state index in [1.807, 2.05) is 57.1 Å². The number of hydrogen-bond acceptors (Lipinski definition) is 6. The van der Waals surface area contributed by atoms with Crippen LogP contribution in [0.25, 0.3) is 22.3 Å². The van der Waals surface area contributed by atoms with E-state index in [0.29, 0.717) is 60.8 Å². The fourth-order valence-electron chi connectivity index (χ4n) is 4.37. The van der Waals surface area contributed by atoms with E-state index >= 15 is 0 Å². The molecular weight excluding hydrogens is 514 g/mol. The molecule has 0 unspecified atom stereocenters. The summed E-state index contributed by atoms with van der Waals surface area (Å²) in [5, 5.41) is 2.92. The van der Waals surface area contributed by atoms with E-state index in [4.69, 9.17) is 0 Å². The van der Waals surface area contributed by atoms with Crippen LogP contribution < -0.4 is 21.5 Å². The second kappa shape index (κ2) is 12.4. The molecule has 2 N–H and O–H groups in total. The molecule has 0 radical (unpaired) electrons. The van der Waals surface area contributed by atoms with Crippen molar-refractivity contribution in [1.29, 1.82) is 0 Å². The van der Waals surface area contributed by atoms with Gasteiger partial charge in [0.25, 0.3) is 5.56 Å². The lowest BCUT2D eigenvalue weighted by Gasteiger charge is -2.24. The highest BCUT2D eigenvalue weighted by Crippen LogP contribution is 2.24. The number of carbonyl (C=O) groups excluding carboxylic acids is 1. The molecule has 0 aliphatic heterocycles. The van der Waals surface area contributed by atoms with Crippen molar-refractivity contribution in [3.05, 3.63) is 69.5 Å². The summed E-state index contributed by atoms with van der Waals surface area (Å²) in [6.45, 7) is 5.90. The van der Waals surface area contributed by atoms with Gasteiger partial charge in [-0.15, -0.1) is 12.6 Å². The molecule has 0 fully saturated rings. The number of benzene rings is 1. The topological polar surface area (TPSA) is 108 Å². The Balaban J connectivity index is 1.67. The van der Waals surface area contributed by atoms with E-state index in [1.165, 1.54) is 4.57 Å². The van der Waals surface area contributed by atoms with Crippen LogP contribution in [0.4, 0.5) is 16.3 Å². The Morgan fingerprint density at radius 1 is 1.00 bits per heavy atom. The standard InChI is InChI=1S/C28H35N7O3S/c1-5-13-33-23-17-22(31-25(23)26(36)35(14-6-2)28(33)38)19-7-12-24(29-18-19)34(16-15-32(3)4)27(37)30-20-8-10-21(39)11-9-20/h7-12,17-18,31,39H,5-6,13-16H2,1-4H3,(H,30,37). The predicted molar refractivity (Wildman–Crippen MR) is 159 cm³/mol. The fourth-order valence-corrected chi connectivity index (χ4v) is 4.52. The van der Waals surface area contributed by atoms with Crippen LogP contribution >= 0.6 is 12.6 Å². The van der Waals surface area contributed by atoms with Crippen molar-refractivity contribution in [1.82, 2.24) is 24.0 Å². The number of pyridine rings is 1. The largest absolute Gasteiger partial charge is 0.349 e. The first-order chi connectivity index (χ1) is 18.7. The van der Waals surface area contributed by atoms with Gasteiger partial charge in [0.1, 0.15) is 11.3 Å². The summed E-state index contributed by atoms with van der Waals surface area (Å²) in [6, 6.07) is 12.4. The Kier molecular flexibility index (Phi) is 8.93. The lowest BCUT2D eigenvalue weighted by atomic mass is 10.2. The normalized spacial score (nSPS) is 11.3. The first kappa shape index (κ1) is 28.2. The zero-order chi connectivity index (χ0) is 28.1. The summed E-state index contributed by atoms with van der Waals surface area (Å²) in [5.74, 6) is 0.494. The molecule has 4 rings (SSSR count). The van der Waals surface area contributed by atoms with E-state index in [1.54, 1.807) is 33.9 Å². The van der Waals surface area contributed by atoms with Crippen LogP contribution in [-0.4, -0.2) is 57.2 Å². The minimum Gasteiger partial charge on any atom is -0.349 e. The summed E-state index contributed by atoms with van der Waals surface area (Å²) in [7, 11) is 3.89. The number of hydrogen-bond donors (Lipinski definition) is 3. The zero-order valence-corrected chi connectivity index (χ0v) is 23.7. The summed E-state index contributed by atoms with van der Waals surface area (Å²) in [4.78, 5) is 51.5. The van der Waals surface area contributed by atoms with E-state index < -0.39 is 0 Å². The van der Waals surface area contributed by atoms with Crippen LogP contribution in [0.15, 0.2) is 63.1 Å². The van der Waals surface area contributed by atoms with Crippen molar-refractivity contribution in [2.75, 3.05) is 37.4 Å². The summed E-state index contributed by atoms with van der Waals surface area (Å²) >= 11 is 4.30. The molecule has 3 heterocycles. The molecule has 0 spiro atoms. The highest BCUT2D eigenvalue weighted by Gasteiger charge is 2.19. The Morgan fingerprint density at radius 3 is 2.31 bits per heavy atom. The van der Waals surface area contributed by atoms with Crippen LogP contribution in [0.1, 0.15) is 26.7 Å². The highest BCUT2D eigenvalue weighted by atomic mass is 32.1. The quantitative estimate of drug-likeness (QED) is 0.256. The maximum absolute atomic E-state index is 13.2. The molecule has 0 aliphatic rings. The van der Waals surface area contributed by atoms with Gasteiger partial charge < -0.3 is 15.2 Å². The second-order valence-electron chi connectivity index (χ2n) is 9.67. The van der Waals surface area contributed by atoms with Gasteiger partial charge in [-0.05, 0) is 69.4 Å². The smallest absolute Gasteiger partial charge is 0.331 e. The van der Waals surface area contributed by atoms with Gasteiger partial charge >= 0.3 is 11.7 Å². The van der Waals surface area contributed by atoms with Gasteiger partial charge in [0.05, 0.1) is 5.52 Å². The molecule has 3 aromatic heterocycles. The number of likely N-dealkylation sites (N-methyl/N-ethyl adjacent to an activating group) is 1. The number of amides is 2. The number of fused-ring (bicyclic) bond motifs is 1. The van der Waals surface area contributed by atoms with Gasteiger partial charge in [-0.1, -0.05) is 13.8 Å². The molecule has 0 bridgehead atoms. The van der Waals surface area contributed by atoms with Gasteiger partial charge in [0.2, 0.25) is 0 Å². The molecule has 0 saturated heterocycles. The van der Waals surface area contributed by atoms with Crippen molar-refractivity contribution >= 4 is 41.2 Å². The number of urea groups is 1. The highest BCUT2D eigenvalue weighted by molar-refractivity contribution is 7.80. The van der Waals surface area contributed by atoms with Crippen LogP contribution in [0.2, 0.25) is 0 Å². The molecule has 0 saturated carbocycles. The first-order valence-electron chi connectivity index (χ1n) is 13.1. The number of nitrogens with one attached hydrogen (secondary N) is 2. The summed E-state index contributed by atoms with van der Waals surface area (Å²) < 4.78 is 2.95. The average Bonchev–Trinajstić information content (AvgIpc) is 3.36. The number of carbonyl (C=O) groups is 1. The Morgan fingerprint density at radius 2 is 1.69 bits per heavy atom. The maximum atomic E-state index is 13.2. The zero-order valence-electron chi connectivity index (χ0n) is 22.8. The third-order valence-corrected chi connectivity index (χ3v) is 6.67. The van der Waals surface area contributed by atoms with E-state index in [9.17, 15) is 14.4 Å². The molecule has 39 heavy (non-hydrogen) atoms. The number of anilines is 2. The summed E-state index contributed by atoms with van der Waals surface area (Å²) in [5.41, 5.74) is 2.45. The third kappa shape index (κ3) is 6.26. The number of rotatable bonds is 10. The monoisotopic (exact) mass is 549 g/mol. The SMILES string of the molecule is CCCn1c(=O)c2[nH]c(-c3ccc(N(CCN(C)C)C(=O)Nc4ccc(S)cc4)nc3)cc2n(CCC)c1=O. The number of aromatic amines is 1. The molecule has 0 aliphatic carbocycles. The lowest BCUT2D eigenvalue weighted by Crippen LogP contribution is -2.40. The lowest BCUT2D eigenvalue weighted by molar-refractivity contribution is 0.256. The number of aryl methyl sites for hydroxylation is 1. The molecule has 0 atom stereocenters. The average molecular weight is 550 g/mol. The van der Waals surface area contributed by atoms with E-state index in [0.717, 1.165) is 16.9 Å². The number of nitrogens with zero attached hydrogens (tertiary/aromatic N) is 5. The van der Waals surface area contributed by atoms with Gasteiger partial charge in [-0.2, -0.15) is 0 Å². The van der Waals surface area contributed by atoms with Crippen LogP contribution in [0, 0.1) is 0 Å². The Bertz CT molecular complexity index is 1550. The van der Waals surface area contributed by atoms with Gasteiger partial charge in [-0.25, -0.2) is 14.6 Å². The number of H-pyrrole nitrogens is 1. The minimum absolute atomic E-state index is 0.290. The number of aromatic nitrogens is 4. The molecule has 1 aromatic carbocycles. The summed E-state index contributed by atoms with van der Waals surface area (Å²) in [6.07, 6.45) is 3.11. The van der Waals surface area contributed by atoms with Crippen molar-refractivity contribution in [3.63, 3.8) is 0 Å². The minimum atomic E-state index is -0.322. The Labute approximate surface area is 232 Å². The van der Waals surface area contributed by atoms with Crippen LogP contribution in [-0.2, 0) is 13.1 Å². The third-order valence-electron chi connectivity index (χ3n) is 6.37. The van der Waals surface area contributed by atoms with Crippen LogP contribution in [0.3, 0.4) is 0 Å². The van der Waals surface area contributed by atoms with E-state index in [-0.39, 0.29) is 17.3 Å². The van der Waals surface area contributed by atoms with E-state index in [2.05, 4.69) is 27.9 Å². The van der Waals surface area contributed by atoms with Crippen molar-refractivity contribution in [2.45, 2.75) is 44.7 Å². The van der Waals surface area contributed by atoms with Gasteiger partial charge in [-0.3, -0.25) is 18.8 Å². The number of thiol groups is 1. The van der Waals surface area contributed by atoms with Crippen LogP contribution in [0.5, 0.6) is 0 Å². The van der Waals surface area contributed by atoms with Crippen molar-refractivity contribution in [3.8, 4) is 11.3 Å². The molecule has 11 heteroatoms. The molecule has 2 amide bonds. The second-order valence-corrected chi connectivity index (χ2v) is 10.2. The Hall–Kier alpha value is -3.83. The maximum Gasteiger partial charge on any atom is 0.331 e. The molecule has 206 valence electrons. The van der Waals surface area contributed by atoms with Crippen molar-refractivity contribution in [2.24, 2.45) is 0 Å². The predicted octanol–water partition coefficient (Wildman–Crippen LogP) is 4.26. The molecule has 4 aromatic rings. The molecular formula is C28H35N7O3S.